The molecule has 0 atom stereocenters. The SMILES string of the molecule is CC(C)(C)C/C=C/c1ccc2cc(C(=O)O)ccc2c1. The number of hydrogen-bond donors (Lipinski definition) is 1. The van der Waals surface area contributed by atoms with E-state index in [0.29, 0.717) is 11.0 Å². The third-order valence-corrected chi connectivity index (χ3v) is 3.15. The Bertz CT molecular complexity index is 661. The zero-order chi connectivity index (χ0) is 14.8. The number of hydrogen-bond acceptors (Lipinski definition) is 1. The number of carbonyl (C=O) groups is 1. The van der Waals surface area contributed by atoms with Gasteiger partial charge in [0, 0.05) is 0 Å². The lowest BCUT2D eigenvalue weighted by Gasteiger charge is -2.14. The Balaban J connectivity index is 2.26. The number of carboxylic acids is 1. The van der Waals surface area contributed by atoms with Crippen molar-refractivity contribution in [3.8, 4) is 0 Å². The monoisotopic (exact) mass is 268 g/mol. The van der Waals surface area contributed by atoms with E-state index in [0.717, 1.165) is 22.8 Å². The lowest BCUT2D eigenvalue weighted by atomic mass is 9.92. The molecule has 2 aromatic rings. The van der Waals surface area contributed by atoms with Gasteiger partial charge < -0.3 is 5.11 Å². The highest BCUT2D eigenvalue weighted by molar-refractivity contribution is 5.94. The summed E-state index contributed by atoms with van der Waals surface area (Å²) in [5.41, 5.74) is 1.77. The highest BCUT2D eigenvalue weighted by Crippen LogP contribution is 2.22. The highest BCUT2D eigenvalue weighted by Gasteiger charge is 2.06. The van der Waals surface area contributed by atoms with Gasteiger partial charge in [-0.15, -0.1) is 0 Å². The van der Waals surface area contributed by atoms with Gasteiger partial charge in [0.15, 0.2) is 0 Å². The summed E-state index contributed by atoms with van der Waals surface area (Å²) < 4.78 is 0. The van der Waals surface area contributed by atoms with E-state index >= 15 is 0 Å². The molecule has 1 N–H and O–H groups in total. The van der Waals surface area contributed by atoms with Crippen molar-refractivity contribution in [2.75, 3.05) is 0 Å². The van der Waals surface area contributed by atoms with Crippen molar-refractivity contribution in [1.82, 2.24) is 0 Å². The molecule has 0 spiro atoms. The summed E-state index contributed by atoms with van der Waals surface area (Å²) in [6.07, 6.45) is 5.34. The zero-order valence-corrected chi connectivity index (χ0v) is 12.2. The number of rotatable bonds is 3. The first kappa shape index (κ1) is 14.3. The van der Waals surface area contributed by atoms with Crippen LogP contribution in [0.3, 0.4) is 0 Å². The Morgan fingerprint density at radius 3 is 2.40 bits per heavy atom. The Hall–Kier alpha value is -2.09. The molecule has 0 aliphatic heterocycles. The third kappa shape index (κ3) is 3.70. The Morgan fingerprint density at radius 2 is 1.75 bits per heavy atom. The van der Waals surface area contributed by atoms with E-state index in [-0.39, 0.29) is 0 Å². The highest BCUT2D eigenvalue weighted by atomic mass is 16.4. The van der Waals surface area contributed by atoms with Crippen molar-refractivity contribution >= 4 is 22.8 Å². The van der Waals surface area contributed by atoms with Crippen molar-refractivity contribution in [2.45, 2.75) is 27.2 Å². The summed E-state index contributed by atoms with van der Waals surface area (Å²) in [5.74, 6) is -0.888. The predicted octanol–water partition coefficient (Wildman–Crippen LogP) is 4.99. The molecule has 2 nitrogen and oxygen atoms in total. The van der Waals surface area contributed by atoms with Crippen LogP contribution in [0.25, 0.3) is 16.8 Å². The molecule has 0 saturated heterocycles. The molecule has 0 unspecified atom stereocenters. The topological polar surface area (TPSA) is 37.3 Å². The largest absolute Gasteiger partial charge is 0.478 e. The minimum atomic E-state index is -0.888. The van der Waals surface area contributed by atoms with Crippen LogP contribution in [0.15, 0.2) is 42.5 Å². The van der Waals surface area contributed by atoms with Gasteiger partial charge in [-0.2, -0.15) is 0 Å². The number of allylic oxidation sites excluding steroid dienone is 1. The van der Waals surface area contributed by atoms with E-state index in [2.05, 4.69) is 39.0 Å². The third-order valence-electron chi connectivity index (χ3n) is 3.15. The molecule has 0 bridgehead atoms. The molecule has 0 heterocycles. The fraction of sp³-hybridized carbons (Fsp3) is 0.278. The molecule has 0 aliphatic rings. The van der Waals surface area contributed by atoms with Gasteiger partial charge in [0.1, 0.15) is 0 Å². The van der Waals surface area contributed by atoms with Crippen LogP contribution in [-0.2, 0) is 0 Å². The molecule has 104 valence electrons. The van der Waals surface area contributed by atoms with Crippen LogP contribution in [0, 0.1) is 5.41 Å². The van der Waals surface area contributed by atoms with E-state index in [9.17, 15) is 4.79 Å². The molecule has 0 radical (unpaired) electrons. The van der Waals surface area contributed by atoms with Crippen molar-refractivity contribution in [3.63, 3.8) is 0 Å². The number of benzene rings is 2. The van der Waals surface area contributed by atoms with Crippen LogP contribution < -0.4 is 0 Å². The summed E-state index contributed by atoms with van der Waals surface area (Å²) in [4.78, 5) is 10.9. The van der Waals surface area contributed by atoms with Gasteiger partial charge in [-0.3, -0.25) is 0 Å². The molecule has 20 heavy (non-hydrogen) atoms. The second-order valence-corrected chi connectivity index (χ2v) is 6.29. The van der Waals surface area contributed by atoms with Crippen LogP contribution in [-0.4, -0.2) is 11.1 Å². The summed E-state index contributed by atoms with van der Waals surface area (Å²) in [7, 11) is 0. The number of carboxylic acid groups (broad SMARTS) is 1. The fourth-order valence-corrected chi connectivity index (χ4v) is 2.05. The summed E-state index contributed by atoms with van der Waals surface area (Å²) in [6, 6.07) is 11.3. The standard InChI is InChI=1S/C18H20O2/c1-18(2,3)10-4-5-13-6-7-15-12-16(17(19)20)9-8-14(15)11-13/h4-9,11-12H,10H2,1-3H3,(H,19,20)/b5-4+. The molecule has 2 heteroatoms. The first-order chi connectivity index (χ1) is 9.35. The average Bonchev–Trinajstić information content (AvgIpc) is 2.36. The first-order valence-corrected chi connectivity index (χ1v) is 6.79. The van der Waals surface area contributed by atoms with E-state index in [1.165, 1.54) is 0 Å². The van der Waals surface area contributed by atoms with Gasteiger partial charge in [0.25, 0.3) is 0 Å². The minimum Gasteiger partial charge on any atom is -0.478 e. The summed E-state index contributed by atoms with van der Waals surface area (Å²) in [6.45, 7) is 6.64. The maximum Gasteiger partial charge on any atom is 0.335 e. The lowest BCUT2D eigenvalue weighted by Crippen LogP contribution is -2.01. The molecule has 2 rings (SSSR count). The van der Waals surface area contributed by atoms with Crippen LogP contribution in [0.1, 0.15) is 43.1 Å². The van der Waals surface area contributed by atoms with E-state index in [1.807, 2.05) is 18.2 Å². The van der Waals surface area contributed by atoms with Crippen LogP contribution >= 0.6 is 0 Å². The molecule has 0 saturated carbocycles. The maximum absolute atomic E-state index is 10.9. The van der Waals surface area contributed by atoms with Crippen LogP contribution in [0.4, 0.5) is 0 Å². The fourth-order valence-electron chi connectivity index (χ4n) is 2.05. The second kappa shape index (κ2) is 5.49. The lowest BCUT2D eigenvalue weighted by molar-refractivity contribution is 0.0697. The minimum absolute atomic E-state index is 0.295. The Morgan fingerprint density at radius 1 is 1.10 bits per heavy atom. The van der Waals surface area contributed by atoms with Crippen molar-refractivity contribution in [3.05, 3.63) is 53.6 Å². The summed E-state index contributed by atoms with van der Waals surface area (Å²) in [5, 5.41) is 11.0. The predicted molar refractivity (Wildman–Crippen MR) is 84.0 cm³/mol. The second-order valence-electron chi connectivity index (χ2n) is 6.29. The van der Waals surface area contributed by atoms with Crippen LogP contribution in [0.5, 0.6) is 0 Å². The van der Waals surface area contributed by atoms with Crippen molar-refractivity contribution in [2.24, 2.45) is 5.41 Å². The number of aromatic carboxylic acids is 1. The van der Waals surface area contributed by atoms with E-state index in [4.69, 9.17) is 5.11 Å². The molecular formula is C18H20O2. The van der Waals surface area contributed by atoms with Crippen molar-refractivity contribution in [1.29, 1.82) is 0 Å². The molecule has 0 amide bonds. The van der Waals surface area contributed by atoms with Gasteiger partial charge in [0.05, 0.1) is 5.56 Å². The summed E-state index contributed by atoms with van der Waals surface area (Å²) >= 11 is 0. The molecule has 0 fully saturated rings. The van der Waals surface area contributed by atoms with Gasteiger partial charge in [-0.1, -0.05) is 51.1 Å². The average molecular weight is 268 g/mol. The van der Waals surface area contributed by atoms with Gasteiger partial charge in [-0.25, -0.2) is 4.79 Å². The molecule has 0 aliphatic carbocycles. The van der Waals surface area contributed by atoms with Crippen molar-refractivity contribution < 1.29 is 9.90 Å². The van der Waals surface area contributed by atoms with Gasteiger partial charge in [-0.05, 0) is 46.4 Å². The number of fused-ring (bicyclic) bond motifs is 1. The van der Waals surface area contributed by atoms with Crippen LogP contribution in [0.2, 0.25) is 0 Å². The molecule has 2 aromatic carbocycles. The quantitative estimate of drug-likeness (QED) is 0.851. The van der Waals surface area contributed by atoms with E-state index < -0.39 is 5.97 Å². The molecular weight excluding hydrogens is 248 g/mol. The smallest absolute Gasteiger partial charge is 0.335 e. The maximum atomic E-state index is 10.9. The zero-order valence-electron chi connectivity index (χ0n) is 12.2. The van der Waals surface area contributed by atoms with Gasteiger partial charge >= 0.3 is 5.97 Å². The van der Waals surface area contributed by atoms with Gasteiger partial charge in [0.2, 0.25) is 0 Å². The normalized spacial score (nSPS) is 12.2. The Kier molecular flexibility index (Phi) is 3.93. The molecule has 0 aromatic heterocycles. The first-order valence-electron chi connectivity index (χ1n) is 6.79. The van der Waals surface area contributed by atoms with E-state index in [1.54, 1.807) is 12.1 Å². The Labute approximate surface area is 119 Å².